The van der Waals surface area contributed by atoms with Crippen LogP contribution in [0.3, 0.4) is 0 Å². The van der Waals surface area contributed by atoms with Crippen molar-refractivity contribution in [1.29, 1.82) is 0 Å². The number of hydrogen-bond donors (Lipinski definition) is 1. The van der Waals surface area contributed by atoms with Crippen LogP contribution in [0.15, 0.2) is 24.3 Å². The van der Waals surface area contributed by atoms with E-state index in [1.54, 1.807) is 32.2 Å². The number of rotatable bonds is 5. The molecule has 1 N–H and O–H groups in total. The molecule has 1 aromatic rings. The lowest BCUT2D eigenvalue weighted by Gasteiger charge is -2.07. The molecular formula is C13H15NO3. The summed E-state index contributed by atoms with van der Waals surface area (Å²) in [6, 6.07) is 7.10. The standard InChI is InChI=1S/C13H15NO3/c1-3-4-8-16-11-6-5-7-12(9-11)17-10-13(15)14-2/h5-7,9H,8,10H2,1-2H3,(H,14,15). The van der Waals surface area contributed by atoms with E-state index in [9.17, 15) is 4.79 Å². The average Bonchev–Trinajstić information content (AvgIpc) is 2.37. The molecule has 4 nitrogen and oxygen atoms in total. The number of carbonyl (C=O) groups is 1. The second-order valence-electron chi connectivity index (χ2n) is 3.15. The largest absolute Gasteiger partial charge is 0.484 e. The van der Waals surface area contributed by atoms with Gasteiger partial charge in [0.15, 0.2) is 6.61 Å². The molecule has 1 rings (SSSR count). The maximum atomic E-state index is 11.0. The molecule has 0 bridgehead atoms. The van der Waals surface area contributed by atoms with Crippen LogP contribution in [-0.4, -0.2) is 26.2 Å². The summed E-state index contributed by atoms with van der Waals surface area (Å²) in [5.74, 6) is 6.63. The van der Waals surface area contributed by atoms with E-state index < -0.39 is 0 Å². The number of amides is 1. The fourth-order valence-corrected chi connectivity index (χ4v) is 1.07. The summed E-state index contributed by atoms with van der Waals surface area (Å²) in [5.41, 5.74) is 0. The van der Waals surface area contributed by atoms with E-state index in [4.69, 9.17) is 9.47 Å². The first-order valence-corrected chi connectivity index (χ1v) is 5.22. The van der Waals surface area contributed by atoms with Gasteiger partial charge in [0.2, 0.25) is 0 Å². The monoisotopic (exact) mass is 233 g/mol. The number of nitrogens with one attached hydrogen (secondary N) is 1. The Balaban J connectivity index is 2.52. The fraction of sp³-hybridized carbons (Fsp3) is 0.308. The molecule has 0 unspecified atom stereocenters. The van der Waals surface area contributed by atoms with Gasteiger partial charge in [-0.2, -0.15) is 0 Å². The van der Waals surface area contributed by atoms with Crippen molar-refractivity contribution in [3.8, 4) is 23.3 Å². The number of ether oxygens (including phenoxy) is 2. The molecule has 0 spiro atoms. The summed E-state index contributed by atoms with van der Waals surface area (Å²) in [6.45, 7) is 2.09. The minimum absolute atomic E-state index is 0.00524. The second-order valence-corrected chi connectivity index (χ2v) is 3.15. The molecule has 0 saturated heterocycles. The summed E-state index contributed by atoms with van der Waals surface area (Å²) in [6.07, 6.45) is 0. The van der Waals surface area contributed by atoms with Crippen LogP contribution < -0.4 is 14.8 Å². The molecule has 0 aliphatic carbocycles. The molecule has 0 radical (unpaired) electrons. The number of benzene rings is 1. The highest BCUT2D eigenvalue weighted by atomic mass is 16.5. The summed E-state index contributed by atoms with van der Waals surface area (Å²) in [4.78, 5) is 11.0. The topological polar surface area (TPSA) is 47.6 Å². The first-order valence-electron chi connectivity index (χ1n) is 5.22. The van der Waals surface area contributed by atoms with Crippen LogP contribution in [0, 0.1) is 11.8 Å². The first-order chi connectivity index (χ1) is 8.26. The lowest BCUT2D eigenvalue weighted by atomic mass is 10.3. The zero-order valence-electron chi connectivity index (χ0n) is 9.95. The predicted octanol–water partition coefficient (Wildman–Crippen LogP) is 1.21. The number of hydrogen-bond acceptors (Lipinski definition) is 3. The van der Waals surface area contributed by atoms with Crippen LogP contribution >= 0.6 is 0 Å². The molecule has 0 saturated carbocycles. The van der Waals surface area contributed by atoms with Crippen molar-refractivity contribution in [1.82, 2.24) is 5.32 Å². The summed E-state index contributed by atoms with van der Waals surface area (Å²) >= 11 is 0. The van der Waals surface area contributed by atoms with Gasteiger partial charge >= 0.3 is 0 Å². The van der Waals surface area contributed by atoms with E-state index in [2.05, 4.69) is 17.2 Å². The lowest BCUT2D eigenvalue weighted by molar-refractivity contribution is -0.122. The summed E-state index contributed by atoms with van der Waals surface area (Å²) in [5, 5.41) is 2.48. The van der Waals surface area contributed by atoms with Crippen LogP contribution in [0.2, 0.25) is 0 Å². The molecule has 1 amide bonds. The van der Waals surface area contributed by atoms with E-state index >= 15 is 0 Å². The SMILES string of the molecule is CC#CCOc1cccc(OCC(=O)NC)c1. The van der Waals surface area contributed by atoms with Gasteiger partial charge < -0.3 is 14.8 Å². The van der Waals surface area contributed by atoms with E-state index in [1.165, 1.54) is 0 Å². The molecule has 0 aromatic heterocycles. The maximum absolute atomic E-state index is 11.0. The normalized spacial score (nSPS) is 8.82. The summed E-state index contributed by atoms with van der Waals surface area (Å²) in [7, 11) is 1.56. The highest BCUT2D eigenvalue weighted by molar-refractivity contribution is 5.77. The molecule has 0 heterocycles. The Bertz CT molecular complexity index is 432. The number of likely N-dealkylation sites (N-methyl/N-ethyl adjacent to an activating group) is 1. The van der Waals surface area contributed by atoms with E-state index in [0.717, 1.165) is 0 Å². The Kier molecular flexibility index (Phi) is 5.45. The van der Waals surface area contributed by atoms with Gasteiger partial charge in [-0.05, 0) is 19.1 Å². The van der Waals surface area contributed by atoms with Crippen molar-refractivity contribution in [2.75, 3.05) is 20.3 Å². The van der Waals surface area contributed by atoms with Crippen LogP contribution in [0.1, 0.15) is 6.92 Å². The zero-order valence-corrected chi connectivity index (χ0v) is 9.95. The third-order valence-electron chi connectivity index (χ3n) is 1.94. The molecule has 90 valence electrons. The van der Waals surface area contributed by atoms with Gasteiger partial charge in [0.25, 0.3) is 5.91 Å². The Morgan fingerprint density at radius 3 is 2.71 bits per heavy atom. The minimum Gasteiger partial charge on any atom is -0.484 e. The Morgan fingerprint density at radius 2 is 2.06 bits per heavy atom. The third kappa shape index (κ3) is 4.94. The molecule has 0 aliphatic heterocycles. The Labute approximate surface area is 101 Å². The molecular weight excluding hydrogens is 218 g/mol. The fourth-order valence-electron chi connectivity index (χ4n) is 1.07. The molecule has 17 heavy (non-hydrogen) atoms. The molecule has 1 aromatic carbocycles. The average molecular weight is 233 g/mol. The van der Waals surface area contributed by atoms with Gasteiger partial charge in [0.05, 0.1) is 0 Å². The van der Waals surface area contributed by atoms with Crippen LogP contribution in [-0.2, 0) is 4.79 Å². The van der Waals surface area contributed by atoms with Crippen molar-refractivity contribution in [3.05, 3.63) is 24.3 Å². The first kappa shape index (κ1) is 12.9. The molecule has 0 atom stereocenters. The van der Waals surface area contributed by atoms with E-state index in [0.29, 0.717) is 18.1 Å². The third-order valence-corrected chi connectivity index (χ3v) is 1.94. The quantitative estimate of drug-likeness (QED) is 0.778. The van der Waals surface area contributed by atoms with Crippen LogP contribution in [0.5, 0.6) is 11.5 Å². The zero-order chi connectivity index (χ0) is 12.5. The van der Waals surface area contributed by atoms with Gasteiger partial charge in [-0.15, -0.1) is 5.92 Å². The van der Waals surface area contributed by atoms with Crippen molar-refractivity contribution < 1.29 is 14.3 Å². The minimum atomic E-state index is -0.173. The van der Waals surface area contributed by atoms with Crippen molar-refractivity contribution >= 4 is 5.91 Å². The Hall–Kier alpha value is -2.15. The van der Waals surface area contributed by atoms with Gasteiger partial charge in [0.1, 0.15) is 18.1 Å². The van der Waals surface area contributed by atoms with Crippen LogP contribution in [0.25, 0.3) is 0 Å². The van der Waals surface area contributed by atoms with E-state index in [1.807, 2.05) is 6.07 Å². The van der Waals surface area contributed by atoms with E-state index in [-0.39, 0.29) is 12.5 Å². The smallest absolute Gasteiger partial charge is 0.257 e. The van der Waals surface area contributed by atoms with Crippen molar-refractivity contribution in [2.24, 2.45) is 0 Å². The maximum Gasteiger partial charge on any atom is 0.257 e. The summed E-state index contributed by atoms with van der Waals surface area (Å²) < 4.78 is 10.6. The highest BCUT2D eigenvalue weighted by Crippen LogP contribution is 2.19. The second kappa shape index (κ2) is 7.18. The number of carbonyl (C=O) groups excluding carboxylic acids is 1. The van der Waals surface area contributed by atoms with Crippen LogP contribution in [0.4, 0.5) is 0 Å². The Morgan fingerprint density at radius 1 is 1.35 bits per heavy atom. The molecule has 0 aliphatic rings. The van der Waals surface area contributed by atoms with Gasteiger partial charge in [0, 0.05) is 13.1 Å². The van der Waals surface area contributed by atoms with Crippen molar-refractivity contribution in [2.45, 2.75) is 6.92 Å². The predicted molar refractivity (Wildman–Crippen MR) is 64.9 cm³/mol. The highest BCUT2D eigenvalue weighted by Gasteiger charge is 2.01. The van der Waals surface area contributed by atoms with Crippen molar-refractivity contribution in [3.63, 3.8) is 0 Å². The van der Waals surface area contributed by atoms with Gasteiger partial charge in [-0.25, -0.2) is 0 Å². The van der Waals surface area contributed by atoms with Gasteiger partial charge in [-0.1, -0.05) is 12.0 Å². The molecule has 4 heteroatoms. The molecule has 0 fully saturated rings. The van der Waals surface area contributed by atoms with Gasteiger partial charge in [-0.3, -0.25) is 4.79 Å². The lowest BCUT2D eigenvalue weighted by Crippen LogP contribution is -2.24.